The summed E-state index contributed by atoms with van der Waals surface area (Å²) < 4.78 is 24.9. The lowest BCUT2D eigenvalue weighted by Gasteiger charge is -2.26. The van der Waals surface area contributed by atoms with E-state index in [1.54, 1.807) is 0 Å². The summed E-state index contributed by atoms with van der Waals surface area (Å²) >= 11 is 5.91. The van der Waals surface area contributed by atoms with Gasteiger partial charge in [0.25, 0.3) is 0 Å². The predicted octanol–water partition coefficient (Wildman–Crippen LogP) is 0.476. The molecule has 21 heavy (non-hydrogen) atoms. The highest BCUT2D eigenvalue weighted by Crippen LogP contribution is 2.18. The molecular weight excluding hydrogens is 316 g/mol. The van der Waals surface area contributed by atoms with E-state index in [0.717, 1.165) is 25.9 Å². The second-order valence-corrected chi connectivity index (χ2v) is 7.11. The average molecular weight is 335 g/mol. The number of hydrogen-bond donors (Lipinski definition) is 2. The van der Waals surface area contributed by atoms with Crippen molar-refractivity contribution < 1.29 is 8.42 Å². The van der Waals surface area contributed by atoms with Crippen molar-refractivity contribution in [1.82, 2.24) is 19.7 Å². The molecule has 2 rings (SSSR count). The van der Waals surface area contributed by atoms with Crippen LogP contribution in [0.5, 0.6) is 0 Å². The van der Waals surface area contributed by atoms with Crippen molar-refractivity contribution in [1.29, 1.82) is 0 Å². The number of halogens is 1. The Morgan fingerprint density at radius 1 is 1.19 bits per heavy atom. The molecule has 118 valence electrons. The molecular formula is C11H19ClN6O2S. The van der Waals surface area contributed by atoms with Gasteiger partial charge in [-0.15, -0.1) is 0 Å². The first kappa shape index (κ1) is 16.2. The minimum Gasteiger partial charge on any atom is -0.353 e. The number of hydrogen-bond acceptors (Lipinski definition) is 7. The molecule has 0 aliphatic carbocycles. The normalized spacial score (nSPS) is 16.0. The third kappa shape index (κ3) is 4.94. The van der Waals surface area contributed by atoms with Crippen LogP contribution >= 0.6 is 11.6 Å². The van der Waals surface area contributed by atoms with Crippen LogP contribution in [-0.4, -0.2) is 55.8 Å². The molecule has 1 aliphatic heterocycles. The Morgan fingerprint density at radius 2 is 1.90 bits per heavy atom. The van der Waals surface area contributed by atoms with Gasteiger partial charge < -0.3 is 10.2 Å². The van der Waals surface area contributed by atoms with Gasteiger partial charge in [-0.25, -0.2) is 13.1 Å². The van der Waals surface area contributed by atoms with E-state index >= 15 is 0 Å². The lowest BCUT2D eigenvalue weighted by molar-refractivity contribution is 0.567. The van der Waals surface area contributed by atoms with Crippen LogP contribution in [0, 0.1) is 0 Å². The summed E-state index contributed by atoms with van der Waals surface area (Å²) in [6, 6.07) is 0. The average Bonchev–Trinajstić information content (AvgIpc) is 2.47. The van der Waals surface area contributed by atoms with Gasteiger partial charge in [0, 0.05) is 19.6 Å². The van der Waals surface area contributed by atoms with Crippen molar-refractivity contribution >= 4 is 33.5 Å². The van der Waals surface area contributed by atoms with Crippen LogP contribution in [0.1, 0.15) is 19.3 Å². The Hall–Kier alpha value is -1.19. The fraction of sp³-hybridized carbons (Fsp3) is 0.727. The Labute approximate surface area is 129 Å². The molecule has 1 aliphatic rings. The lowest BCUT2D eigenvalue weighted by atomic mass is 10.1. The van der Waals surface area contributed by atoms with E-state index < -0.39 is 10.0 Å². The molecule has 8 nitrogen and oxygen atoms in total. The van der Waals surface area contributed by atoms with E-state index in [4.69, 9.17) is 11.6 Å². The number of rotatable bonds is 6. The lowest BCUT2D eigenvalue weighted by Crippen LogP contribution is -2.31. The maximum Gasteiger partial charge on any atom is 0.231 e. The zero-order chi connectivity index (χ0) is 15.3. The molecule has 2 N–H and O–H groups in total. The number of piperidine rings is 1. The van der Waals surface area contributed by atoms with Gasteiger partial charge in [0.15, 0.2) is 0 Å². The minimum atomic E-state index is -3.26. The first-order valence-electron chi connectivity index (χ1n) is 6.82. The van der Waals surface area contributed by atoms with Gasteiger partial charge >= 0.3 is 0 Å². The second-order valence-electron chi connectivity index (χ2n) is 4.73. The molecule has 1 aromatic rings. The maximum atomic E-state index is 11.3. The monoisotopic (exact) mass is 334 g/mol. The van der Waals surface area contributed by atoms with Gasteiger partial charge in [-0.2, -0.15) is 15.0 Å². The molecule has 0 spiro atoms. The van der Waals surface area contributed by atoms with Gasteiger partial charge in [0.1, 0.15) is 0 Å². The molecule has 0 saturated carbocycles. The number of anilines is 2. The van der Waals surface area contributed by atoms with Crippen LogP contribution in [0.15, 0.2) is 0 Å². The molecule has 0 atom stereocenters. The molecule has 0 bridgehead atoms. The number of nitrogens with zero attached hydrogens (tertiary/aromatic N) is 4. The molecule has 1 saturated heterocycles. The van der Waals surface area contributed by atoms with Crippen molar-refractivity contribution in [2.24, 2.45) is 0 Å². The molecule has 0 amide bonds. The zero-order valence-electron chi connectivity index (χ0n) is 11.8. The highest BCUT2D eigenvalue weighted by atomic mass is 35.5. The van der Waals surface area contributed by atoms with Gasteiger partial charge in [0.05, 0.1) is 5.75 Å². The van der Waals surface area contributed by atoms with Crippen LogP contribution in [0.3, 0.4) is 0 Å². The molecule has 10 heteroatoms. The zero-order valence-corrected chi connectivity index (χ0v) is 13.4. The van der Waals surface area contributed by atoms with Crippen LogP contribution in [0.2, 0.25) is 5.28 Å². The molecule has 0 aromatic carbocycles. The van der Waals surface area contributed by atoms with Crippen LogP contribution in [0.25, 0.3) is 0 Å². The Bertz CT molecular complexity index is 576. The largest absolute Gasteiger partial charge is 0.353 e. The summed E-state index contributed by atoms with van der Waals surface area (Å²) in [7, 11) is -1.88. The molecule has 2 heterocycles. The summed E-state index contributed by atoms with van der Waals surface area (Å²) in [5, 5.41) is 2.96. The summed E-state index contributed by atoms with van der Waals surface area (Å²) in [6.07, 6.45) is 3.42. The highest BCUT2D eigenvalue weighted by molar-refractivity contribution is 7.89. The van der Waals surface area contributed by atoms with E-state index in [-0.39, 0.29) is 17.6 Å². The van der Waals surface area contributed by atoms with Crippen molar-refractivity contribution in [2.45, 2.75) is 19.3 Å². The summed E-state index contributed by atoms with van der Waals surface area (Å²) in [4.78, 5) is 14.5. The van der Waals surface area contributed by atoms with E-state index in [2.05, 4.69) is 29.9 Å². The summed E-state index contributed by atoms with van der Waals surface area (Å²) in [5.74, 6) is 0.766. The third-order valence-corrected chi connectivity index (χ3v) is 4.73. The van der Waals surface area contributed by atoms with Crippen molar-refractivity contribution in [3.63, 3.8) is 0 Å². The highest BCUT2D eigenvalue weighted by Gasteiger charge is 2.16. The molecule has 1 aromatic heterocycles. The van der Waals surface area contributed by atoms with E-state index in [0.29, 0.717) is 11.9 Å². The van der Waals surface area contributed by atoms with Crippen LogP contribution in [-0.2, 0) is 10.0 Å². The van der Waals surface area contributed by atoms with Crippen LogP contribution in [0.4, 0.5) is 11.9 Å². The molecule has 0 radical (unpaired) electrons. The fourth-order valence-electron chi connectivity index (χ4n) is 2.05. The quantitative estimate of drug-likeness (QED) is 0.780. The van der Waals surface area contributed by atoms with E-state index in [1.807, 2.05) is 0 Å². The number of nitrogens with one attached hydrogen (secondary N) is 2. The Balaban J connectivity index is 2.01. The molecule has 0 unspecified atom stereocenters. The van der Waals surface area contributed by atoms with Gasteiger partial charge in [-0.1, -0.05) is 0 Å². The van der Waals surface area contributed by atoms with Crippen molar-refractivity contribution in [3.8, 4) is 0 Å². The smallest absolute Gasteiger partial charge is 0.231 e. The number of sulfonamides is 1. The van der Waals surface area contributed by atoms with Gasteiger partial charge in [-0.3, -0.25) is 0 Å². The Morgan fingerprint density at radius 3 is 2.57 bits per heavy atom. The van der Waals surface area contributed by atoms with Gasteiger partial charge in [0.2, 0.25) is 27.2 Å². The van der Waals surface area contributed by atoms with E-state index in [9.17, 15) is 8.42 Å². The van der Waals surface area contributed by atoms with Crippen molar-refractivity contribution in [3.05, 3.63) is 5.28 Å². The Kier molecular flexibility index (Phi) is 5.54. The topological polar surface area (TPSA) is 100 Å². The van der Waals surface area contributed by atoms with E-state index in [1.165, 1.54) is 13.5 Å². The van der Waals surface area contributed by atoms with Crippen LogP contribution < -0.4 is 14.9 Å². The summed E-state index contributed by atoms with van der Waals surface area (Å²) in [6.45, 7) is 1.99. The summed E-state index contributed by atoms with van der Waals surface area (Å²) in [5.41, 5.74) is 0. The first-order valence-corrected chi connectivity index (χ1v) is 8.85. The first-order chi connectivity index (χ1) is 10.00. The SMILES string of the molecule is CNS(=O)(=O)CCNc1nc(Cl)nc(N2CCCCC2)n1. The molecule has 1 fully saturated rings. The third-order valence-electron chi connectivity index (χ3n) is 3.20. The maximum absolute atomic E-state index is 11.3. The second kappa shape index (κ2) is 7.19. The minimum absolute atomic E-state index is 0.0636. The van der Waals surface area contributed by atoms with Crippen molar-refractivity contribution in [2.75, 3.05) is 42.7 Å². The number of aromatic nitrogens is 3. The standard InChI is InChI=1S/C11H19ClN6O2S/c1-13-21(19,20)8-5-14-10-15-9(12)16-11(17-10)18-6-3-2-4-7-18/h13H,2-8H2,1H3,(H,14,15,16,17). The van der Waals surface area contributed by atoms with Gasteiger partial charge in [-0.05, 0) is 37.9 Å². The fourth-order valence-corrected chi connectivity index (χ4v) is 2.78. The predicted molar refractivity (Wildman–Crippen MR) is 82.2 cm³/mol.